The first kappa shape index (κ1) is 16.2. The number of carboxylic acid groups (broad SMARTS) is 1. The SMILES string of the molecule is CC(O)CC(C)(C)CNC(=O)c1cccc(C(=O)O)c1. The van der Waals surface area contributed by atoms with Gasteiger partial charge in [0.15, 0.2) is 0 Å². The van der Waals surface area contributed by atoms with Crippen LogP contribution in [0.4, 0.5) is 0 Å². The monoisotopic (exact) mass is 279 g/mol. The molecule has 0 fully saturated rings. The van der Waals surface area contributed by atoms with Crippen molar-refractivity contribution in [1.29, 1.82) is 0 Å². The molecule has 1 aromatic carbocycles. The second-order valence-electron chi connectivity index (χ2n) is 5.79. The van der Waals surface area contributed by atoms with Crippen molar-refractivity contribution in [2.24, 2.45) is 5.41 Å². The summed E-state index contributed by atoms with van der Waals surface area (Å²) >= 11 is 0. The largest absolute Gasteiger partial charge is 0.478 e. The van der Waals surface area contributed by atoms with E-state index in [1.54, 1.807) is 19.1 Å². The van der Waals surface area contributed by atoms with Gasteiger partial charge in [-0.05, 0) is 37.0 Å². The zero-order valence-corrected chi connectivity index (χ0v) is 12.0. The van der Waals surface area contributed by atoms with Crippen LogP contribution < -0.4 is 5.32 Å². The quantitative estimate of drug-likeness (QED) is 0.742. The van der Waals surface area contributed by atoms with Crippen LogP contribution in [0.15, 0.2) is 24.3 Å². The minimum Gasteiger partial charge on any atom is -0.478 e. The Kier molecular flexibility index (Phi) is 5.27. The highest BCUT2D eigenvalue weighted by atomic mass is 16.4. The Morgan fingerprint density at radius 1 is 1.30 bits per heavy atom. The van der Waals surface area contributed by atoms with Gasteiger partial charge < -0.3 is 15.5 Å². The van der Waals surface area contributed by atoms with Crippen molar-refractivity contribution in [2.75, 3.05) is 6.54 Å². The number of carbonyl (C=O) groups excluding carboxylic acids is 1. The van der Waals surface area contributed by atoms with Gasteiger partial charge in [0.1, 0.15) is 0 Å². The Balaban J connectivity index is 2.68. The average Bonchev–Trinajstić information content (AvgIpc) is 2.34. The van der Waals surface area contributed by atoms with Crippen LogP contribution in [0.2, 0.25) is 0 Å². The zero-order chi connectivity index (χ0) is 15.3. The fourth-order valence-electron chi connectivity index (χ4n) is 2.09. The van der Waals surface area contributed by atoms with Gasteiger partial charge in [-0.1, -0.05) is 19.9 Å². The highest BCUT2D eigenvalue weighted by Gasteiger charge is 2.21. The van der Waals surface area contributed by atoms with Crippen LogP contribution in [0.5, 0.6) is 0 Å². The second-order valence-corrected chi connectivity index (χ2v) is 5.79. The molecule has 0 saturated carbocycles. The Morgan fingerprint density at radius 3 is 2.45 bits per heavy atom. The number of benzene rings is 1. The molecule has 5 heteroatoms. The summed E-state index contributed by atoms with van der Waals surface area (Å²) in [5.74, 6) is -1.37. The van der Waals surface area contributed by atoms with E-state index < -0.39 is 12.1 Å². The van der Waals surface area contributed by atoms with Crippen LogP contribution in [0, 0.1) is 5.41 Å². The van der Waals surface area contributed by atoms with Crippen LogP contribution in [0.1, 0.15) is 47.9 Å². The third kappa shape index (κ3) is 5.01. The van der Waals surface area contributed by atoms with Crippen LogP contribution in [-0.4, -0.2) is 34.7 Å². The minimum atomic E-state index is -1.06. The van der Waals surface area contributed by atoms with Gasteiger partial charge in [0.05, 0.1) is 11.7 Å². The van der Waals surface area contributed by atoms with E-state index in [2.05, 4.69) is 5.32 Å². The number of carboxylic acids is 1. The van der Waals surface area contributed by atoms with Crippen molar-refractivity contribution >= 4 is 11.9 Å². The molecule has 5 nitrogen and oxygen atoms in total. The summed E-state index contributed by atoms with van der Waals surface area (Å²) in [4.78, 5) is 22.8. The third-order valence-electron chi connectivity index (χ3n) is 2.95. The molecule has 0 saturated heterocycles. The number of aliphatic hydroxyl groups is 1. The van der Waals surface area contributed by atoms with Crippen molar-refractivity contribution in [3.8, 4) is 0 Å². The summed E-state index contributed by atoms with van der Waals surface area (Å²) in [6.07, 6.45) is 0.139. The Labute approximate surface area is 118 Å². The van der Waals surface area contributed by atoms with Gasteiger partial charge in [-0.15, -0.1) is 0 Å². The number of aromatic carboxylic acids is 1. The van der Waals surface area contributed by atoms with Gasteiger partial charge >= 0.3 is 5.97 Å². The van der Waals surface area contributed by atoms with Crippen molar-refractivity contribution in [1.82, 2.24) is 5.32 Å². The molecule has 0 spiro atoms. The van der Waals surface area contributed by atoms with E-state index in [0.29, 0.717) is 18.5 Å². The van der Waals surface area contributed by atoms with Gasteiger partial charge in [0, 0.05) is 12.1 Å². The number of aliphatic hydroxyl groups excluding tert-OH is 1. The lowest BCUT2D eigenvalue weighted by molar-refractivity contribution is 0.0696. The van der Waals surface area contributed by atoms with E-state index in [1.165, 1.54) is 12.1 Å². The number of rotatable bonds is 6. The molecule has 0 aliphatic heterocycles. The molecule has 110 valence electrons. The fraction of sp³-hybridized carbons (Fsp3) is 0.467. The van der Waals surface area contributed by atoms with Crippen LogP contribution in [0.3, 0.4) is 0 Å². The minimum absolute atomic E-state index is 0.0842. The molecule has 1 rings (SSSR count). The van der Waals surface area contributed by atoms with Crippen molar-refractivity contribution in [3.05, 3.63) is 35.4 Å². The first-order valence-corrected chi connectivity index (χ1v) is 6.51. The molecule has 0 radical (unpaired) electrons. The van der Waals surface area contributed by atoms with E-state index in [0.717, 1.165) is 0 Å². The maximum Gasteiger partial charge on any atom is 0.335 e. The molecule has 1 aromatic rings. The van der Waals surface area contributed by atoms with E-state index >= 15 is 0 Å². The van der Waals surface area contributed by atoms with Crippen LogP contribution in [-0.2, 0) is 0 Å². The van der Waals surface area contributed by atoms with Crippen molar-refractivity contribution in [3.63, 3.8) is 0 Å². The summed E-state index contributed by atoms with van der Waals surface area (Å²) in [6, 6.07) is 5.90. The molecule has 0 aliphatic carbocycles. The number of amides is 1. The van der Waals surface area contributed by atoms with Crippen LogP contribution >= 0.6 is 0 Å². The highest BCUT2D eigenvalue weighted by molar-refractivity contribution is 5.97. The third-order valence-corrected chi connectivity index (χ3v) is 2.95. The Morgan fingerprint density at radius 2 is 1.90 bits per heavy atom. The van der Waals surface area contributed by atoms with Crippen LogP contribution in [0.25, 0.3) is 0 Å². The topological polar surface area (TPSA) is 86.6 Å². The molecular formula is C15H21NO4. The predicted molar refractivity (Wildman–Crippen MR) is 75.8 cm³/mol. The molecule has 1 unspecified atom stereocenters. The smallest absolute Gasteiger partial charge is 0.335 e. The molecule has 3 N–H and O–H groups in total. The van der Waals surface area contributed by atoms with E-state index in [4.69, 9.17) is 5.11 Å². The molecule has 0 aromatic heterocycles. The first-order chi connectivity index (χ1) is 9.21. The molecule has 0 heterocycles. The molecule has 1 amide bonds. The van der Waals surface area contributed by atoms with E-state index in [-0.39, 0.29) is 16.9 Å². The normalized spacial score (nSPS) is 12.8. The molecule has 1 atom stereocenters. The summed E-state index contributed by atoms with van der Waals surface area (Å²) in [6.45, 7) is 6.02. The Hall–Kier alpha value is -1.88. The van der Waals surface area contributed by atoms with Gasteiger partial charge in [-0.3, -0.25) is 4.79 Å². The van der Waals surface area contributed by atoms with Crippen molar-refractivity contribution in [2.45, 2.75) is 33.3 Å². The molecule has 20 heavy (non-hydrogen) atoms. The molecular weight excluding hydrogens is 258 g/mol. The van der Waals surface area contributed by atoms with E-state index in [9.17, 15) is 14.7 Å². The second kappa shape index (κ2) is 6.52. The lowest BCUT2D eigenvalue weighted by atomic mass is 9.87. The Bertz CT molecular complexity index is 494. The van der Waals surface area contributed by atoms with E-state index in [1.807, 2.05) is 13.8 Å². The maximum atomic E-state index is 12.0. The number of hydrogen-bond acceptors (Lipinski definition) is 3. The summed E-state index contributed by atoms with van der Waals surface area (Å²) < 4.78 is 0. The van der Waals surface area contributed by atoms with Crippen molar-refractivity contribution < 1.29 is 19.8 Å². The maximum absolute atomic E-state index is 12.0. The fourth-order valence-corrected chi connectivity index (χ4v) is 2.09. The summed E-state index contributed by atoms with van der Waals surface area (Å²) in [5, 5.41) is 21.0. The zero-order valence-electron chi connectivity index (χ0n) is 12.0. The lowest BCUT2D eigenvalue weighted by Gasteiger charge is -2.26. The number of hydrogen-bond donors (Lipinski definition) is 3. The molecule has 0 bridgehead atoms. The number of nitrogens with one attached hydrogen (secondary N) is 1. The molecule has 0 aliphatic rings. The summed E-state index contributed by atoms with van der Waals surface area (Å²) in [7, 11) is 0. The highest BCUT2D eigenvalue weighted by Crippen LogP contribution is 2.21. The van der Waals surface area contributed by atoms with Gasteiger partial charge in [-0.2, -0.15) is 0 Å². The number of carbonyl (C=O) groups is 2. The predicted octanol–water partition coefficient (Wildman–Crippen LogP) is 1.91. The lowest BCUT2D eigenvalue weighted by Crippen LogP contribution is -2.35. The standard InChI is InChI=1S/C15H21NO4/c1-10(17)8-15(2,3)9-16-13(18)11-5-4-6-12(7-11)14(19)20/h4-7,10,17H,8-9H2,1-3H3,(H,16,18)(H,19,20). The van der Waals surface area contributed by atoms with Gasteiger partial charge in [0.25, 0.3) is 5.91 Å². The summed E-state index contributed by atoms with van der Waals surface area (Å²) in [5.41, 5.74) is 0.174. The van der Waals surface area contributed by atoms with Gasteiger partial charge in [-0.25, -0.2) is 4.79 Å². The average molecular weight is 279 g/mol. The van der Waals surface area contributed by atoms with Gasteiger partial charge in [0.2, 0.25) is 0 Å². The first-order valence-electron chi connectivity index (χ1n) is 6.51.